The van der Waals surface area contributed by atoms with Gasteiger partial charge in [-0.15, -0.1) is 0 Å². The van der Waals surface area contributed by atoms with Crippen LogP contribution < -0.4 is 0 Å². The van der Waals surface area contributed by atoms with Crippen molar-refractivity contribution < 1.29 is 40.6 Å². The molecule has 0 heterocycles. The lowest BCUT2D eigenvalue weighted by Crippen LogP contribution is -2.53. The molecule has 148 valence electrons. The average molecular weight is 396 g/mol. The van der Waals surface area contributed by atoms with E-state index in [1.165, 1.54) is 19.1 Å². The van der Waals surface area contributed by atoms with Crippen molar-refractivity contribution in [3.8, 4) is 0 Å². The van der Waals surface area contributed by atoms with E-state index in [1.807, 2.05) is 0 Å². The number of aldehydes is 1. The van der Waals surface area contributed by atoms with E-state index < -0.39 is 29.2 Å². The van der Waals surface area contributed by atoms with Gasteiger partial charge in [-0.25, -0.2) is 4.39 Å². The minimum atomic E-state index is -5.99. The van der Waals surface area contributed by atoms with E-state index in [1.54, 1.807) is 0 Å². The first-order valence-corrected chi connectivity index (χ1v) is 7.82. The Morgan fingerprint density at radius 2 is 1.56 bits per heavy atom. The first-order valence-electron chi connectivity index (χ1n) is 7.82. The Balaban J connectivity index is 2.52. The number of carbonyl (C=O) groups excluding carboxylic acids is 1. The lowest BCUT2D eigenvalue weighted by atomic mass is 9.79. The highest BCUT2D eigenvalue weighted by Gasteiger charge is 2.71. The number of carbonyl (C=O) groups is 1. The molecule has 0 amide bonds. The van der Waals surface area contributed by atoms with E-state index in [2.05, 4.69) is 0 Å². The molecular formula is C18H15F7O2. The minimum Gasteiger partial charge on any atom is -0.369 e. The number of halogens is 7. The molecule has 2 nitrogen and oxygen atoms in total. The molecule has 0 aliphatic heterocycles. The second-order valence-electron chi connectivity index (χ2n) is 6.22. The molecule has 0 radical (unpaired) electrons. The Bertz CT molecular complexity index is 758. The highest BCUT2D eigenvalue weighted by molar-refractivity contribution is 5.83. The van der Waals surface area contributed by atoms with Gasteiger partial charge in [0.15, 0.2) is 0 Å². The zero-order valence-electron chi connectivity index (χ0n) is 14.0. The Morgan fingerprint density at radius 3 is 1.96 bits per heavy atom. The van der Waals surface area contributed by atoms with E-state index in [0.717, 1.165) is 12.1 Å². The fourth-order valence-electron chi connectivity index (χ4n) is 2.95. The van der Waals surface area contributed by atoms with Crippen LogP contribution in [0.1, 0.15) is 30.9 Å². The summed E-state index contributed by atoms with van der Waals surface area (Å²) < 4.78 is 92.6. The van der Waals surface area contributed by atoms with Crippen molar-refractivity contribution in [2.45, 2.75) is 43.4 Å². The summed E-state index contributed by atoms with van der Waals surface area (Å²) in [6, 6.07) is 2.69. The largest absolute Gasteiger partial charge is 0.430 e. The molecular weight excluding hydrogens is 381 g/mol. The van der Waals surface area contributed by atoms with Gasteiger partial charge in [-0.1, -0.05) is 43.3 Å². The van der Waals surface area contributed by atoms with Gasteiger partial charge in [0.05, 0.1) is 0 Å². The van der Waals surface area contributed by atoms with Gasteiger partial charge in [0.25, 0.3) is 5.60 Å². The van der Waals surface area contributed by atoms with Gasteiger partial charge < -0.3 is 5.11 Å². The molecule has 0 saturated carbocycles. The topological polar surface area (TPSA) is 37.3 Å². The van der Waals surface area contributed by atoms with Gasteiger partial charge in [0.1, 0.15) is 12.0 Å². The van der Waals surface area contributed by atoms with Crippen LogP contribution in [0.3, 0.4) is 0 Å². The normalized spacial score (nSPS) is 21.5. The van der Waals surface area contributed by atoms with Gasteiger partial charge >= 0.3 is 12.4 Å². The van der Waals surface area contributed by atoms with E-state index in [0.29, 0.717) is 18.4 Å². The third kappa shape index (κ3) is 3.52. The Labute approximate surface area is 150 Å². The van der Waals surface area contributed by atoms with Crippen LogP contribution in [0, 0.1) is 0 Å². The molecule has 0 bridgehead atoms. The summed E-state index contributed by atoms with van der Waals surface area (Å²) in [5.41, 5.74) is -8.19. The highest BCUT2D eigenvalue weighted by Crippen LogP contribution is 2.50. The fraction of sp³-hybridized carbons (Fsp3) is 0.389. The summed E-state index contributed by atoms with van der Waals surface area (Å²) in [5, 5.41) is 9.39. The van der Waals surface area contributed by atoms with E-state index in [-0.39, 0.29) is 29.6 Å². The van der Waals surface area contributed by atoms with Crippen molar-refractivity contribution in [1.29, 1.82) is 0 Å². The summed E-state index contributed by atoms with van der Waals surface area (Å²) in [4.78, 5) is 10.8. The van der Waals surface area contributed by atoms with Crippen LogP contribution >= 0.6 is 0 Å². The molecule has 1 atom stereocenters. The second kappa shape index (κ2) is 6.78. The molecule has 0 fully saturated rings. The van der Waals surface area contributed by atoms with Crippen molar-refractivity contribution in [2.24, 2.45) is 0 Å². The Hall–Kier alpha value is -2.16. The van der Waals surface area contributed by atoms with Crippen LogP contribution in [-0.4, -0.2) is 29.4 Å². The number of rotatable bonds is 4. The first-order chi connectivity index (χ1) is 12.3. The molecule has 2 rings (SSSR count). The summed E-state index contributed by atoms with van der Waals surface area (Å²) in [6.07, 6.45) is -9.21. The van der Waals surface area contributed by atoms with Crippen LogP contribution in [0.25, 0.3) is 5.57 Å². The molecule has 1 N–H and O–H groups in total. The van der Waals surface area contributed by atoms with Gasteiger partial charge in [-0.3, -0.25) is 4.79 Å². The third-order valence-corrected chi connectivity index (χ3v) is 4.58. The second-order valence-corrected chi connectivity index (χ2v) is 6.22. The van der Waals surface area contributed by atoms with Crippen LogP contribution in [0.4, 0.5) is 30.7 Å². The average Bonchev–Trinajstić information content (AvgIpc) is 2.59. The predicted octanol–water partition coefficient (Wildman–Crippen LogP) is 5.03. The quantitative estimate of drug-likeness (QED) is 0.573. The zero-order chi connectivity index (χ0) is 20.7. The fourth-order valence-corrected chi connectivity index (χ4v) is 2.95. The summed E-state index contributed by atoms with van der Waals surface area (Å²) in [6.45, 7) is 1.50. The van der Waals surface area contributed by atoms with Crippen LogP contribution in [0.5, 0.6) is 0 Å². The lowest BCUT2D eigenvalue weighted by Gasteiger charge is -2.33. The summed E-state index contributed by atoms with van der Waals surface area (Å²) >= 11 is 0. The summed E-state index contributed by atoms with van der Waals surface area (Å²) in [5.74, 6) is 0. The molecule has 0 saturated heterocycles. The van der Waals surface area contributed by atoms with Crippen LogP contribution in [-0.2, 0) is 10.4 Å². The number of allylic oxidation sites excluding steroid dienone is 4. The van der Waals surface area contributed by atoms with Crippen molar-refractivity contribution >= 4 is 11.9 Å². The van der Waals surface area contributed by atoms with Crippen LogP contribution in [0.2, 0.25) is 0 Å². The smallest absolute Gasteiger partial charge is 0.369 e. The molecule has 0 spiro atoms. The molecule has 27 heavy (non-hydrogen) atoms. The van der Waals surface area contributed by atoms with Crippen molar-refractivity contribution in [1.82, 2.24) is 0 Å². The van der Waals surface area contributed by atoms with Crippen molar-refractivity contribution in [3.63, 3.8) is 0 Å². The standard InChI is InChI=1S/C18H15F7O2/c1-2-15(19)9-11(10-26)3-8-14(15)12-4-6-13(7-5-12)16(27,17(20,21)22)18(23,24)25/h3-8,10,27H,2,9H2,1H3. The van der Waals surface area contributed by atoms with Gasteiger partial charge in [-0.2, -0.15) is 26.3 Å². The SMILES string of the molecule is CCC1(F)CC(C=O)=CC=C1c1ccc(C(O)(C(F)(F)F)C(F)(F)F)cc1. The van der Waals surface area contributed by atoms with Gasteiger partial charge in [-0.05, 0) is 23.1 Å². The number of aliphatic hydroxyl groups is 1. The number of benzene rings is 1. The third-order valence-electron chi connectivity index (χ3n) is 4.58. The number of alkyl halides is 7. The Morgan fingerprint density at radius 1 is 1.04 bits per heavy atom. The molecule has 1 aliphatic carbocycles. The number of hydrogen-bond donors (Lipinski definition) is 1. The molecule has 1 aliphatic rings. The highest BCUT2D eigenvalue weighted by atomic mass is 19.4. The molecule has 0 aromatic heterocycles. The molecule has 1 unspecified atom stereocenters. The van der Waals surface area contributed by atoms with E-state index in [9.17, 15) is 36.2 Å². The van der Waals surface area contributed by atoms with Gasteiger partial charge in [0, 0.05) is 12.0 Å². The van der Waals surface area contributed by atoms with Crippen molar-refractivity contribution in [3.05, 3.63) is 53.1 Å². The number of hydrogen-bond acceptors (Lipinski definition) is 2. The molecule has 1 aromatic carbocycles. The van der Waals surface area contributed by atoms with Crippen LogP contribution in [0.15, 0.2) is 42.0 Å². The maximum Gasteiger partial charge on any atom is 0.430 e. The Kier molecular flexibility index (Phi) is 5.31. The monoisotopic (exact) mass is 396 g/mol. The first kappa shape index (κ1) is 21.1. The molecule has 1 aromatic rings. The van der Waals surface area contributed by atoms with E-state index in [4.69, 9.17) is 0 Å². The summed E-state index contributed by atoms with van der Waals surface area (Å²) in [7, 11) is 0. The minimum absolute atomic E-state index is 0.0321. The van der Waals surface area contributed by atoms with E-state index >= 15 is 4.39 Å². The zero-order valence-corrected chi connectivity index (χ0v) is 14.0. The maximum atomic E-state index is 15.1. The molecule has 9 heteroatoms. The lowest BCUT2D eigenvalue weighted by molar-refractivity contribution is -0.376. The maximum absolute atomic E-state index is 15.1. The van der Waals surface area contributed by atoms with Crippen molar-refractivity contribution in [2.75, 3.05) is 0 Å². The van der Waals surface area contributed by atoms with Gasteiger partial charge in [0.2, 0.25) is 0 Å². The predicted molar refractivity (Wildman–Crippen MR) is 83.3 cm³/mol.